The second-order valence-electron chi connectivity index (χ2n) is 3.94. The van der Waals surface area contributed by atoms with Crippen molar-refractivity contribution >= 4 is 23.5 Å². The van der Waals surface area contributed by atoms with Gasteiger partial charge in [-0.3, -0.25) is 9.59 Å². The first-order valence-electron chi connectivity index (χ1n) is 5.39. The number of carboxylic acid groups (broad SMARTS) is 1. The van der Waals surface area contributed by atoms with E-state index in [9.17, 15) is 18.8 Å². The first-order chi connectivity index (χ1) is 8.50. The van der Waals surface area contributed by atoms with E-state index in [0.29, 0.717) is 6.42 Å². The Balaban J connectivity index is 2.52. The number of amides is 2. The summed E-state index contributed by atoms with van der Waals surface area (Å²) in [6, 6.07) is 2.96. The largest absolute Gasteiger partial charge is 0.478 e. The molecule has 0 spiro atoms. The van der Waals surface area contributed by atoms with Crippen LogP contribution in [0.1, 0.15) is 29.6 Å². The molecule has 0 bridgehead atoms. The van der Waals surface area contributed by atoms with Gasteiger partial charge in [-0.1, -0.05) is 0 Å². The molecule has 0 aromatic heterocycles. The van der Waals surface area contributed by atoms with E-state index in [4.69, 9.17) is 5.11 Å². The molecule has 0 aliphatic carbocycles. The van der Waals surface area contributed by atoms with Gasteiger partial charge in [0.1, 0.15) is 5.82 Å². The van der Waals surface area contributed by atoms with Crippen molar-refractivity contribution in [1.82, 2.24) is 0 Å². The lowest BCUT2D eigenvalue weighted by Gasteiger charge is -2.25. The first-order valence-corrected chi connectivity index (χ1v) is 5.39. The van der Waals surface area contributed by atoms with Crippen LogP contribution in [-0.2, 0) is 9.59 Å². The van der Waals surface area contributed by atoms with Crippen molar-refractivity contribution < 1.29 is 23.9 Å². The average Bonchev–Trinajstić information content (AvgIpc) is 2.30. The van der Waals surface area contributed by atoms with Gasteiger partial charge in [0.05, 0.1) is 11.3 Å². The Morgan fingerprint density at radius 2 is 1.83 bits per heavy atom. The van der Waals surface area contributed by atoms with Crippen molar-refractivity contribution in [2.24, 2.45) is 0 Å². The molecule has 0 unspecified atom stereocenters. The van der Waals surface area contributed by atoms with Gasteiger partial charge in [-0.25, -0.2) is 14.1 Å². The van der Waals surface area contributed by atoms with E-state index in [1.165, 1.54) is 0 Å². The zero-order valence-corrected chi connectivity index (χ0v) is 9.35. The van der Waals surface area contributed by atoms with E-state index in [0.717, 1.165) is 23.1 Å². The number of aromatic carboxylic acids is 1. The highest BCUT2D eigenvalue weighted by Crippen LogP contribution is 2.26. The molecule has 6 heteroatoms. The molecule has 18 heavy (non-hydrogen) atoms. The Morgan fingerprint density at radius 3 is 2.39 bits per heavy atom. The van der Waals surface area contributed by atoms with Gasteiger partial charge < -0.3 is 5.11 Å². The summed E-state index contributed by atoms with van der Waals surface area (Å²) in [7, 11) is 0. The number of carbonyl (C=O) groups excluding carboxylic acids is 2. The second-order valence-corrected chi connectivity index (χ2v) is 3.94. The molecule has 1 aromatic carbocycles. The summed E-state index contributed by atoms with van der Waals surface area (Å²) in [6.45, 7) is 0. The monoisotopic (exact) mass is 251 g/mol. The topological polar surface area (TPSA) is 74.7 Å². The summed E-state index contributed by atoms with van der Waals surface area (Å²) in [5.41, 5.74) is -0.461. The fraction of sp³-hybridized carbons (Fsp3) is 0.250. The number of hydrogen-bond donors (Lipinski definition) is 1. The molecular weight excluding hydrogens is 241 g/mol. The van der Waals surface area contributed by atoms with Crippen LogP contribution in [0.4, 0.5) is 10.1 Å². The number of carboxylic acids is 1. The van der Waals surface area contributed by atoms with E-state index < -0.39 is 29.2 Å². The molecule has 1 aromatic rings. The third-order valence-corrected chi connectivity index (χ3v) is 2.71. The summed E-state index contributed by atoms with van der Waals surface area (Å²) in [5, 5.41) is 8.98. The van der Waals surface area contributed by atoms with Gasteiger partial charge in [-0.2, -0.15) is 0 Å². The van der Waals surface area contributed by atoms with Gasteiger partial charge in [-0.15, -0.1) is 0 Å². The summed E-state index contributed by atoms with van der Waals surface area (Å²) in [5.74, 6) is -3.02. The Bertz CT molecular complexity index is 525. The molecule has 0 atom stereocenters. The number of halogens is 1. The van der Waals surface area contributed by atoms with Gasteiger partial charge in [0.2, 0.25) is 11.8 Å². The number of carbonyl (C=O) groups is 3. The number of imide groups is 1. The van der Waals surface area contributed by atoms with Crippen LogP contribution in [0.3, 0.4) is 0 Å². The number of nitrogens with zero attached hydrogens (tertiary/aromatic N) is 1. The third kappa shape index (κ3) is 2.09. The lowest BCUT2D eigenvalue weighted by atomic mass is 10.1. The van der Waals surface area contributed by atoms with Crippen LogP contribution in [0.5, 0.6) is 0 Å². The SMILES string of the molecule is O=C(O)c1cc(F)ccc1N1C(=O)CCCC1=O. The molecule has 1 heterocycles. The summed E-state index contributed by atoms with van der Waals surface area (Å²) >= 11 is 0. The van der Waals surface area contributed by atoms with Crippen LogP contribution in [-0.4, -0.2) is 22.9 Å². The minimum Gasteiger partial charge on any atom is -0.478 e. The van der Waals surface area contributed by atoms with Gasteiger partial charge >= 0.3 is 5.97 Å². The molecule has 1 aliphatic heterocycles. The number of hydrogen-bond acceptors (Lipinski definition) is 3. The van der Waals surface area contributed by atoms with Crippen LogP contribution in [0, 0.1) is 5.82 Å². The number of anilines is 1. The Labute approximate surface area is 102 Å². The normalized spacial score (nSPS) is 15.9. The average molecular weight is 251 g/mol. The maximum Gasteiger partial charge on any atom is 0.337 e. The minimum atomic E-state index is -1.38. The van der Waals surface area contributed by atoms with Gasteiger partial charge in [0.15, 0.2) is 0 Å². The van der Waals surface area contributed by atoms with E-state index >= 15 is 0 Å². The van der Waals surface area contributed by atoms with E-state index in [-0.39, 0.29) is 18.5 Å². The zero-order chi connectivity index (χ0) is 13.3. The maximum atomic E-state index is 13.0. The molecule has 5 nitrogen and oxygen atoms in total. The highest BCUT2D eigenvalue weighted by Gasteiger charge is 2.30. The van der Waals surface area contributed by atoms with Gasteiger partial charge in [0, 0.05) is 12.8 Å². The Morgan fingerprint density at radius 1 is 1.22 bits per heavy atom. The van der Waals surface area contributed by atoms with Gasteiger partial charge in [-0.05, 0) is 24.6 Å². The first kappa shape index (κ1) is 12.2. The maximum absolute atomic E-state index is 13.0. The predicted octanol–water partition coefficient (Wildman–Crippen LogP) is 1.57. The molecular formula is C12H10FNO4. The van der Waals surface area contributed by atoms with E-state index in [1.807, 2.05) is 0 Å². The van der Waals surface area contributed by atoms with Crippen molar-refractivity contribution in [2.75, 3.05) is 4.90 Å². The highest BCUT2D eigenvalue weighted by molar-refractivity contribution is 6.18. The lowest BCUT2D eigenvalue weighted by molar-refractivity contribution is -0.129. The standard InChI is InChI=1S/C12H10FNO4/c13-7-4-5-9(8(6-7)12(17)18)14-10(15)2-1-3-11(14)16/h4-6H,1-3H2,(H,17,18). The van der Waals surface area contributed by atoms with Crippen molar-refractivity contribution in [3.63, 3.8) is 0 Å². The fourth-order valence-electron chi connectivity index (χ4n) is 1.90. The quantitative estimate of drug-likeness (QED) is 0.809. The van der Waals surface area contributed by atoms with E-state index in [2.05, 4.69) is 0 Å². The van der Waals surface area contributed by atoms with Crippen LogP contribution in [0.2, 0.25) is 0 Å². The lowest BCUT2D eigenvalue weighted by Crippen LogP contribution is -2.41. The zero-order valence-electron chi connectivity index (χ0n) is 9.35. The molecule has 1 fully saturated rings. The van der Waals surface area contributed by atoms with Crippen LogP contribution in [0.15, 0.2) is 18.2 Å². The molecule has 1 aliphatic rings. The predicted molar refractivity (Wildman–Crippen MR) is 59.7 cm³/mol. The summed E-state index contributed by atoms with van der Waals surface area (Å²) in [4.78, 5) is 35.2. The fourth-order valence-corrected chi connectivity index (χ4v) is 1.90. The van der Waals surface area contributed by atoms with Crippen molar-refractivity contribution in [2.45, 2.75) is 19.3 Å². The Hall–Kier alpha value is -2.24. The van der Waals surface area contributed by atoms with Crippen LogP contribution in [0.25, 0.3) is 0 Å². The summed E-state index contributed by atoms with van der Waals surface area (Å²) < 4.78 is 13.0. The number of piperidine rings is 1. The van der Waals surface area contributed by atoms with E-state index in [1.54, 1.807) is 0 Å². The number of benzene rings is 1. The summed E-state index contributed by atoms with van der Waals surface area (Å²) in [6.07, 6.45) is 0.822. The van der Waals surface area contributed by atoms with Crippen molar-refractivity contribution in [3.05, 3.63) is 29.6 Å². The van der Waals surface area contributed by atoms with Crippen molar-refractivity contribution in [1.29, 1.82) is 0 Å². The van der Waals surface area contributed by atoms with Crippen LogP contribution >= 0.6 is 0 Å². The highest BCUT2D eigenvalue weighted by atomic mass is 19.1. The molecule has 0 saturated carbocycles. The molecule has 94 valence electrons. The van der Waals surface area contributed by atoms with Crippen molar-refractivity contribution in [3.8, 4) is 0 Å². The Kier molecular flexibility index (Phi) is 3.10. The molecule has 2 amide bonds. The molecule has 1 N–H and O–H groups in total. The second kappa shape index (κ2) is 4.56. The minimum absolute atomic E-state index is 0.0707. The van der Waals surface area contributed by atoms with Gasteiger partial charge in [0.25, 0.3) is 0 Å². The third-order valence-electron chi connectivity index (χ3n) is 2.71. The molecule has 1 saturated heterocycles. The smallest absolute Gasteiger partial charge is 0.337 e. The molecule has 2 rings (SSSR count). The molecule has 0 radical (unpaired) electrons. The van der Waals surface area contributed by atoms with Crippen LogP contribution < -0.4 is 4.90 Å². The number of rotatable bonds is 2.